The van der Waals surface area contributed by atoms with Gasteiger partial charge >= 0.3 is 5.97 Å². The highest BCUT2D eigenvalue weighted by Gasteiger charge is 2.18. The Kier molecular flexibility index (Phi) is 5.60. The number of ether oxygens (including phenoxy) is 1. The van der Waals surface area contributed by atoms with Crippen LogP contribution in [0.1, 0.15) is 23.7 Å². The number of carboxylic acid groups (broad SMARTS) is 1. The zero-order valence-electron chi connectivity index (χ0n) is 10.8. The average Bonchev–Trinajstić information content (AvgIpc) is 2.42. The van der Waals surface area contributed by atoms with Crippen molar-refractivity contribution < 1.29 is 19.4 Å². The van der Waals surface area contributed by atoms with Crippen LogP contribution < -0.4 is 10.1 Å². The van der Waals surface area contributed by atoms with Crippen LogP contribution in [0.25, 0.3) is 0 Å². The molecule has 5 heteroatoms. The third kappa shape index (κ3) is 4.46. The maximum atomic E-state index is 11.8. The fourth-order valence-corrected chi connectivity index (χ4v) is 1.44. The number of carbonyl (C=O) groups excluding carboxylic acids is 1. The van der Waals surface area contributed by atoms with Crippen LogP contribution in [-0.2, 0) is 4.79 Å². The Hall–Kier alpha value is -2.30. The molecule has 0 unspecified atom stereocenters. The van der Waals surface area contributed by atoms with Crippen molar-refractivity contribution >= 4 is 11.9 Å². The zero-order valence-corrected chi connectivity index (χ0v) is 10.8. The van der Waals surface area contributed by atoms with Crippen molar-refractivity contribution in [3.05, 3.63) is 42.5 Å². The molecule has 102 valence electrons. The van der Waals surface area contributed by atoms with E-state index in [4.69, 9.17) is 9.84 Å². The van der Waals surface area contributed by atoms with E-state index < -0.39 is 17.9 Å². The van der Waals surface area contributed by atoms with Gasteiger partial charge in [-0.15, -0.1) is 0 Å². The van der Waals surface area contributed by atoms with Gasteiger partial charge < -0.3 is 15.2 Å². The van der Waals surface area contributed by atoms with E-state index in [1.165, 1.54) is 0 Å². The minimum absolute atomic E-state index is 0.335. The van der Waals surface area contributed by atoms with Crippen LogP contribution in [0, 0.1) is 0 Å². The van der Waals surface area contributed by atoms with E-state index in [1.807, 2.05) is 0 Å². The second-order valence-electron chi connectivity index (χ2n) is 3.90. The molecule has 2 N–H and O–H groups in total. The minimum atomic E-state index is -1.04. The van der Waals surface area contributed by atoms with Crippen molar-refractivity contribution in [2.24, 2.45) is 0 Å². The first-order valence-corrected chi connectivity index (χ1v) is 5.96. The number of carbonyl (C=O) groups is 2. The van der Waals surface area contributed by atoms with Crippen LogP contribution in [0.2, 0.25) is 0 Å². The van der Waals surface area contributed by atoms with E-state index in [0.717, 1.165) is 0 Å². The van der Waals surface area contributed by atoms with Gasteiger partial charge in [0.2, 0.25) is 0 Å². The first kappa shape index (κ1) is 14.8. The normalized spacial score (nSPS) is 11.4. The molecule has 0 bridgehead atoms. The summed E-state index contributed by atoms with van der Waals surface area (Å²) in [5.74, 6) is -0.826. The van der Waals surface area contributed by atoms with Gasteiger partial charge in [-0.2, -0.15) is 0 Å². The number of aliphatic carboxylic acids is 1. The lowest BCUT2D eigenvalue weighted by atomic mass is 10.1. The van der Waals surface area contributed by atoms with Crippen molar-refractivity contribution in [3.8, 4) is 5.75 Å². The fraction of sp³-hybridized carbons (Fsp3) is 0.286. The van der Waals surface area contributed by atoms with Gasteiger partial charge in [0.25, 0.3) is 5.91 Å². The fourth-order valence-electron chi connectivity index (χ4n) is 1.44. The summed E-state index contributed by atoms with van der Waals surface area (Å²) in [7, 11) is 0. The minimum Gasteiger partial charge on any atom is -0.490 e. The number of nitrogens with one attached hydrogen (secondary N) is 1. The van der Waals surface area contributed by atoms with Crippen LogP contribution in [0.15, 0.2) is 36.9 Å². The molecule has 0 fully saturated rings. The molecule has 0 aliphatic rings. The topological polar surface area (TPSA) is 75.6 Å². The Labute approximate surface area is 111 Å². The highest BCUT2D eigenvalue weighted by molar-refractivity contribution is 5.96. The summed E-state index contributed by atoms with van der Waals surface area (Å²) in [6.07, 6.45) is 1.96. The summed E-state index contributed by atoms with van der Waals surface area (Å²) in [5, 5.41) is 11.3. The summed E-state index contributed by atoms with van der Waals surface area (Å²) < 4.78 is 5.29. The summed E-state index contributed by atoms with van der Waals surface area (Å²) in [6, 6.07) is 5.61. The average molecular weight is 263 g/mol. The maximum Gasteiger partial charge on any atom is 0.326 e. The number of rotatable bonds is 7. The first-order valence-electron chi connectivity index (χ1n) is 5.96. The van der Waals surface area contributed by atoms with E-state index in [-0.39, 0.29) is 0 Å². The molecule has 1 atom stereocenters. The Morgan fingerprint density at radius 1 is 1.42 bits per heavy atom. The van der Waals surface area contributed by atoms with E-state index in [1.54, 1.807) is 37.3 Å². The maximum absolute atomic E-state index is 11.8. The molecule has 1 aromatic carbocycles. The summed E-state index contributed by atoms with van der Waals surface area (Å²) >= 11 is 0. The highest BCUT2D eigenvalue weighted by atomic mass is 16.5. The Morgan fingerprint density at radius 2 is 2.05 bits per heavy atom. The lowest BCUT2D eigenvalue weighted by Gasteiger charge is -2.12. The molecular weight excluding hydrogens is 246 g/mol. The predicted octanol–water partition coefficient (Wildman–Crippen LogP) is 1.84. The molecule has 1 aromatic rings. The molecule has 1 rings (SSSR count). The van der Waals surface area contributed by atoms with Gasteiger partial charge in [-0.3, -0.25) is 4.79 Å². The number of carboxylic acids is 1. The van der Waals surface area contributed by atoms with Crippen LogP contribution in [-0.4, -0.2) is 29.6 Å². The Balaban J connectivity index is 2.67. The van der Waals surface area contributed by atoms with Gasteiger partial charge in [-0.25, -0.2) is 4.79 Å². The number of benzene rings is 1. The Morgan fingerprint density at radius 3 is 2.53 bits per heavy atom. The summed E-state index contributed by atoms with van der Waals surface area (Å²) in [6.45, 7) is 5.63. The van der Waals surface area contributed by atoms with Crippen LogP contribution in [0.5, 0.6) is 5.75 Å². The lowest BCUT2D eigenvalue weighted by molar-refractivity contribution is -0.139. The van der Waals surface area contributed by atoms with Crippen molar-refractivity contribution in [2.45, 2.75) is 19.4 Å². The number of hydrogen-bond donors (Lipinski definition) is 2. The lowest BCUT2D eigenvalue weighted by Crippen LogP contribution is -2.40. The monoisotopic (exact) mass is 263 g/mol. The molecule has 5 nitrogen and oxygen atoms in total. The van der Waals surface area contributed by atoms with Crippen molar-refractivity contribution in [1.82, 2.24) is 5.32 Å². The molecular formula is C14H17NO4. The van der Waals surface area contributed by atoms with E-state index in [2.05, 4.69) is 11.9 Å². The zero-order chi connectivity index (χ0) is 14.3. The molecule has 0 heterocycles. The van der Waals surface area contributed by atoms with Gasteiger partial charge in [0.05, 0.1) is 0 Å². The van der Waals surface area contributed by atoms with Crippen LogP contribution >= 0.6 is 0 Å². The Bertz CT molecular complexity index is 453. The van der Waals surface area contributed by atoms with Crippen LogP contribution in [0.3, 0.4) is 0 Å². The molecule has 0 aliphatic carbocycles. The van der Waals surface area contributed by atoms with Gasteiger partial charge in [-0.1, -0.05) is 19.6 Å². The van der Waals surface area contributed by atoms with Gasteiger partial charge in [0.15, 0.2) is 0 Å². The first-order chi connectivity index (χ1) is 9.08. The quantitative estimate of drug-likeness (QED) is 0.736. The van der Waals surface area contributed by atoms with Crippen LogP contribution in [0.4, 0.5) is 0 Å². The number of hydrogen-bond acceptors (Lipinski definition) is 3. The van der Waals surface area contributed by atoms with Crippen molar-refractivity contribution in [3.63, 3.8) is 0 Å². The van der Waals surface area contributed by atoms with E-state index in [9.17, 15) is 9.59 Å². The standard InChI is InChI=1S/C14H17NO4/c1-3-9-19-11-7-5-10(6-8-11)13(16)15-12(4-2)14(17)18/h3,5-8,12H,1,4,9H2,2H3,(H,15,16)(H,17,18)/t12-/m1/s1. The summed E-state index contributed by atoms with van der Waals surface area (Å²) in [5.41, 5.74) is 0.394. The predicted molar refractivity (Wildman–Crippen MR) is 71.3 cm³/mol. The van der Waals surface area contributed by atoms with Gasteiger partial charge in [0, 0.05) is 5.56 Å². The molecule has 1 amide bonds. The SMILES string of the molecule is C=CCOc1ccc(C(=O)N[C@H](CC)C(=O)O)cc1. The molecule has 0 saturated carbocycles. The number of amides is 1. The largest absolute Gasteiger partial charge is 0.490 e. The molecule has 0 radical (unpaired) electrons. The highest BCUT2D eigenvalue weighted by Crippen LogP contribution is 2.12. The second kappa shape index (κ2) is 7.20. The molecule has 0 saturated heterocycles. The third-order valence-electron chi connectivity index (χ3n) is 2.50. The smallest absolute Gasteiger partial charge is 0.326 e. The third-order valence-corrected chi connectivity index (χ3v) is 2.50. The van der Waals surface area contributed by atoms with Crippen molar-refractivity contribution in [2.75, 3.05) is 6.61 Å². The second-order valence-corrected chi connectivity index (χ2v) is 3.90. The van der Waals surface area contributed by atoms with Crippen molar-refractivity contribution in [1.29, 1.82) is 0 Å². The van der Waals surface area contributed by atoms with Gasteiger partial charge in [0.1, 0.15) is 18.4 Å². The van der Waals surface area contributed by atoms with E-state index >= 15 is 0 Å². The molecule has 0 aromatic heterocycles. The van der Waals surface area contributed by atoms with E-state index in [0.29, 0.717) is 24.3 Å². The molecule has 0 aliphatic heterocycles. The summed E-state index contributed by atoms with van der Waals surface area (Å²) in [4.78, 5) is 22.6. The molecule has 0 spiro atoms. The molecule has 19 heavy (non-hydrogen) atoms. The van der Waals surface area contributed by atoms with Gasteiger partial charge in [-0.05, 0) is 30.7 Å².